The van der Waals surface area contributed by atoms with Crippen LogP contribution in [0, 0.1) is 19.7 Å². The molecular weight excluding hydrogens is 355 g/mol. The van der Waals surface area contributed by atoms with Gasteiger partial charge in [-0.3, -0.25) is 0 Å². The Morgan fingerprint density at radius 1 is 1.33 bits per heavy atom. The number of imidazole rings is 1. The van der Waals surface area contributed by atoms with Crippen molar-refractivity contribution >= 4 is 44.2 Å². The molecule has 1 unspecified atom stereocenters. The van der Waals surface area contributed by atoms with Crippen molar-refractivity contribution in [3.8, 4) is 0 Å². The summed E-state index contributed by atoms with van der Waals surface area (Å²) in [6.07, 6.45) is 0. The van der Waals surface area contributed by atoms with E-state index >= 15 is 0 Å². The average Bonchev–Trinajstić information content (AvgIpc) is 2.89. The summed E-state index contributed by atoms with van der Waals surface area (Å²) in [6, 6.07) is 3.07. The second-order valence-electron chi connectivity index (χ2n) is 4.95. The molecule has 0 saturated carbocycles. The van der Waals surface area contributed by atoms with Gasteiger partial charge in [-0.2, -0.15) is 0 Å². The molecule has 0 fully saturated rings. The van der Waals surface area contributed by atoms with Gasteiger partial charge in [-0.1, -0.05) is 0 Å². The van der Waals surface area contributed by atoms with Crippen LogP contribution in [0.3, 0.4) is 0 Å². The van der Waals surface area contributed by atoms with Gasteiger partial charge in [-0.05, 0) is 42.8 Å². The highest BCUT2D eigenvalue weighted by atomic mass is 79.9. The molecule has 7 heteroatoms. The zero-order valence-electron chi connectivity index (χ0n) is 11.8. The van der Waals surface area contributed by atoms with Crippen molar-refractivity contribution in [1.29, 1.82) is 0 Å². The maximum atomic E-state index is 13.8. The van der Waals surface area contributed by atoms with E-state index in [9.17, 15) is 4.39 Å². The highest BCUT2D eigenvalue weighted by Crippen LogP contribution is 2.33. The molecule has 2 N–H and O–H groups in total. The van der Waals surface area contributed by atoms with Crippen molar-refractivity contribution in [1.82, 2.24) is 14.5 Å². The number of fused-ring (bicyclic) bond motifs is 1. The maximum Gasteiger partial charge on any atom is 0.201 e. The van der Waals surface area contributed by atoms with Crippen LogP contribution in [0.15, 0.2) is 16.6 Å². The van der Waals surface area contributed by atoms with Crippen LogP contribution in [0.4, 0.5) is 10.3 Å². The van der Waals surface area contributed by atoms with Gasteiger partial charge in [0.2, 0.25) is 5.95 Å². The first-order valence-electron chi connectivity index (χ1n) is 6.45. The topological polar surface area (TPSA) is 56.7 Å². The van der Waals surface area contributed by atoms with Gasteiger partial charge < -0.3 is 10.3 Å². The number of halogens is 2. The maximum absolute atomic E-state index is 13.8. The summed E-state index contributed by atoms with van der Waals surface area (Å²) >= 11 is 4.80. The number of nitrogens with two attached hydrogens (primary N) is 1. The van der Waals surface area contributed by atoms with E-state index in [1.807, 2.05) is 25.3 Å². The molecule has 0 amide bonds. The van der Waals surface area contributed by atoms with Crippen LogP contribution in [0.1, 0.15) is 28.5 Å². The largest absolute Gasteiger partial charge is 0.369 e. The number of nitrogens with zero attached hydrogens (tertiary/aromatic N) is 3. The molecule has 0 radical (unpaired) electrons. The first kappa shape index (κ1) is 14.5. The number of thiazole rings is 1. The summed E-state index contributed by atoms with van der Waals surface area (Å²) in [5.74, 6) is 0.0495. The molecule has 0 aliphatic carbocycles. The van der Waals surface area contributed by atoms with Crippen molar-refractivity contribution < 1.29 is 4.39 Å². The van der Waals surface area contributed by atoms with Crippen molar-refractivity contribution in [3.63, 3.8) is 0 Å². The molecule has 0 aliphatic rings. The van der Waals surface area contributed by atoms with Gasteiger partial charge >= 0.3 is 0 Å². The van der Waals surface area contributed by atoms with Crippen molar-refractivity contribution in [3.05, 3.63) is 38.0 Å². The quantitative estimate of drug-likeness (QED) is 0.737. The third-order valence-corrected chi connectivity index (χ3v) is 5.32. The summed E-state index contributed by atoms with van der Waals surface area (Å²) in [5.41, 5.74) is 8.38. The van der Waals surface area contributed by atoms with Crippen molar-refractivity contribution in [2.75, 3.05) is 5.73 Å². The Hall–Kier alpha value is -1.47. The Morgan fingerprint density at radius 3 is 2.67 bits per heavy atom. The number of aromatic nitrogens is 3. The highest BCUT2D eigenvalue weighted by molar-refractivity contribution is 9.10. The number of benzene rings is 1. The van der Waals surface area contributed by atoms with E-state index in [0.29, 0.717) is 21.5 Å². The number of rotatable bonds is 2. The lowest BCUT2D eigenvalue weighted by Crippen LogP contribution is -2.10. The first-order valence-corrected chi connectivity index (χ1v) is 8.05. The van der Waals surface area contributed by atoms with Gasteiger partial charge in [-0.25, -0.2) is 14.4 Å². The molecule has 4 nitrogen and oxygen atoms in total. The minimum atomic E-state index is -0.326. The predicted octanol–water partition coefficient (Wildman–Crippen LogP) is 4.20. The number of aryl methyl sites for hydroxylation is 2. The van der Waals surface area contributed by atoms with Crippen LogP contribution in [-0.4, -0.2) is 14.5 Å². The smallest absolute Gasteiger partial charge is 0.201 e. The molecule has 0 aliphatic heterocycles. The summed E-state index contributed by atoms with van der Waals surface area (Å²) in [5, 5.41) is 1.01. The summed E-state index contributed by atoms with van der Waals surface area (Å²) in [6.45, 7) is 5.97. The normalized spacial score (nSPS) is 13.0. The molecule has 110 valence electrons. The number of hydrogen-bond acceptors (Lipinski definition) is 4. The summed E-state index contributed by atoms with van der Waals surface area (Å²) in [7, 11) is 0. The Bertz CT molecular complexity index is 839. The van der Waals surface area contributed by atoms with Gasteiger partial charge in [0, 0.05) is 6.07 Å². The van der Waals surface area contributed by atoms with Gasteiger partial charge in [0.25, 0.3) is 0 Å². The second-order valence-corrected chi connectivity index (χ2v) is 7.04. The molecule has 0 saturated heterocycles. The summed E-state index contributed by atoms with van der Waals surface area (Å²) < 4.78 is 16.1. The van der Waals surface area contributed by atoms with E-state index in [1.54, 1.807) is 17.4 Å². The molecule has 3 rings (SSSR count). The van der Waals surface area contributed by atoms with Crippen LogP contribution in [0.2, 0.25) is 0 Å². The predicted molar refractivity (Wildman–Crippen MR) is 87.2 cm³/mol. The van der Waals surface area contributed by atoms with Crippen molar-refractivity contribution in [2.24, 2.45) is 0 Å². The molecule has 3 aromatic rings. The Balaban J connectivity index is 2.22. The lowest BCUT2D eigenvalue weighted by atomic mass is 10.2. The monoisotopic (exact) mass is 368 g/mol. The highest BCUT2D eigenvalue weighted by Gasteiger charge is 2.20. The lowest BCUT2D eigenvalue weighted by Gasteiger charge is -2.15. The van der Waals surface area contributed by atoms with Gasteiger partial charge in [0.1, 0.15) is 5.82 Å². The zero-order valence-corrected chi connectivity index (χ0v) is 14.2. The Labute approximate surface area is 134 Å². The van der Waals surface area contributed by atoms with E-state index in [0.717, 1.165) is 15.6 Å². The van der Waals surface area contributed by atoms with E-state index in [4.69, 9.17) is 5.73 Å². The Morgan fingerprint density at radius 2 is 2.05 bits per heavy atom. The number of nitrogen functional groups attached to an aromatic ring is 1. The van der Waals surface area contributed by atoms with Crippen LogP contribution < -0.4 is 5.73 Å². The van der Waals surface area contributed by atoms with E-state index in [-0.39, 0.29) is 11.9 Å². The third-order valence-electron chi connectivity index (χ3n) is 3.46. The molecule has 21 heavy (non-hydrogen) atoms. The van der Waals surface area contributed by atoms with E-state index in [2.05, 4.69) is 25.9 Å². The fourth-order valence-corrected chi connectivity index (χ4v) is 3.87. The van der Waals surface area contributed by atoms with E-state index < -0.39 is 0 Å². The average molecular weight is 369 g/mol. The fraction of sp³-hybridized carbons (Fsp3) is 0.286. The SMILES string of the molecule is Cc1nc(C)c(C(C)n2c(N)nc3cc(Br)c(F)cc32)s1. The lowest BCUT2D eigenvalue weighted by molar-refractivity contribution is 0.619. The zero-order chi connectivity index (χ0) is 15.3. The van der Waals surface area contributed by atoms with Crippen LogP contribution in [-0.2, 0) is 0 Å². The van der Waals surface area contributed by atoms with Gasteiger partial charge in [0.15, 0.2) is 0 Å². The number of hydrogen-bond donors (Lipinski definition) is 1. The van der Waals surface area contributed by atoms with E-state index in [1.165, 1.54) is 6.07 Å². The first-order chi connectivity index (χ1) is 9.88. The standard InChI is InChI=1S/C14H14BrFN4S/c1-6-13(21-8(3)18-6)7(2)20-12-5-10(16)9(15)4-11(12)19-14(20)17/h4-5,7H,1-3H3,(H2,17,19). The number of anilines is 1. The third kappa shape index (κ3) is 2.34. The molecule has 0 bridgehead atoms. The van der Waals surface area contributed by atoms with Crippen LogP contribution in [0.5, 0.6) is 0 Å². The Kier molecular flexibility index (Phi) is 3.49. The molecule has 1 atom stereocenters. The minimum Gasteiger partial charge on any atom is -0.369 e. The van der Waals surface area contributed by atoms with Gasteiger partial charge in [-0.15, -0.1) is 11.3 Å². The van der Waals surface area contributed by atoms with Crippen LogP contribution >= 0.6 is 27.3 Å². The minimum absolute atomic E-state index is 0.0400. The van der Waals surface area contributed by atoms with Crippen molar-refractivity contribution in [2.45, 2.75) is 26.8 Å². The van der Waals surface area contributed by atoms with Crippen LogP contribution in [0.25, 0.3) is 11.0 Å². The van der Waals surface area contributed by atoms with Gasteiger partial charge in [0.05, 0.1) is 37.1 Å². The fourth-order valence-electron chi connectivity index (χ4n) is 2.57. The second kappa shape index (κ2) is 5.06. The molecule has 1 aromatic carbocycles. The molecule has 2 heterocycles. The summed E-state index contributed by atoms with van der Waals surface area (Å²) in [4.78, 5) is 9.89. The molecule has 0 spiro atoms. The molecular formula is C14H14BrFN4S. The molecule has 2 aromatic heterocycles.